The zero-order chi connectivity index (χ0) is 19.3. The van der Waals surface area contributed by atoms with Gasteiger partial charge in [-0.05, 0) is 29.8 Å². The Bertz CT molecular complexity index is 1020. The van der Waals surface area contributed by atoms with Crippen LogP contribution in [0.1, 0.15) is 36.9 Å². The first-order chi connectivity index (χ1) is 13.7. The lowest BCUT2D eigenvalue weighted by Crippen LogP contribution is -2.05. The molecule has 4 rings (SSSR count). The van der Waals surface area contributed by atoms with E-state index in [-0.39, 0.29) is 0 Å². The van der Waals surface area contributed by atoms with E-state index in [1.54, 1.807) is 0 Å². The van der Waals surface area contributed by atoms with Gasteiger partial charge in [0.15, 0.2) is 5.76 Å². The molecular formula is C23H23N3O2. The fraction of sp³-hybridized carbons (Fsp3) is 0.217. The molecule has 2 aromatic heterocycles. The normalized spacial score (nSPS) is 11.1. The Kier molecular flexibility index (Phi) is 5.24. The maximum absolute atomic E-state index is 5.84. The molecule has 0 spiro atoms. The maximum atomic E-state index is 5.84. The Morgan fingerprint density at radius 1 is 1.04 bits per heavy atom. The minimum atomic E-state index is 0.362. The monoisotopic (exact) mass is 373 g/mol. The van der Waals surface area contributed by atoms with Gasteiger partial charge in [-0.3, -0.25) is 0 Å². The predicted octanol–water partition coefficient (Wildman–Crippen LogP) is 5.29. The molecule has 4 aromatic rings. The highest BCUT2D eigenvalue weighted by molar-refractivity contribution is 5.59. The minimum absolute atomic E-state index is 0.362. The first-order valence-electron chi connectivity index (χ1n) is 9.43. The fourth-order valence-electron chi connectivity index (χ4n) is 3.11. The topological polar surface area (TPSA) is 53.1 Å². The van der Waals surface area contributed by atoms with Crippen LogP contribution >= 0.6 is 0 Å². The maximum Gasteiger partial charge on any atom is 0.157 e. The summed E-state index contributed by atoms with van der Waals surface area (Å²) in [7, 11) is 0. The lowest BCUT2D eigenvalue weighted by atomic mass is 10.1. The van der Waals surface area contributed by atoms with Crippen molar-refractivity contribution in [3.05, 3.63) is 90.2 Å². The summed E-state index contributed by atoms with van der Waals surface area (Å²) < 4.78 is 13.5. The Labute approximate surface area is 164 Å². The van der Waals surface area contributed by atoms with E-state index >= 15 is 0 Å². The summed E-state index contributed by atoms with van der Waals surface area (Å²) in [5, 5.41) is 4.22. The van der Waals surface area contributed by atoms with E-state index in [1.165, 1.54) is 0 Å². The van der Waals surface area contributed by atoms with Gasteiger partial charge in [-0.1, -0.05) is 49.3 Å². The van der Waals surface area contributed by atoms with Crippen LogP contribution < -0.4 is 4.74 Å². The summed E-state index contributed by atoms with van der Waals surface area (Å²) in [5.74, 6) is 3.04. The molecule has 0 unspecified atom stereocenters. The van der Waals surface area contributed by atoms with Crippen molar-refractivity contribution < 1.29 is 9.26 Å². The van der Waals surface area contributed by atoms with E-state index in [0.717, 1.165) is 34.2 Å². The molecule has 0 amide bonds. The molecule has 0 saturated carbocycles. The molecule has 2 aromatic carbocycles. The Hall–Kier alpha value is -3.34. The van der Waals surface area contributed by atoms with Gasteiger partial charge in [0.1, 0.15) is 23.9 Å². The SMILES string of the molecule is CC(C)c1nccn1Cc1cc(-c2ccc(OCc3ccccc3)cc2)no1. The van der Waals surface area contributed by atoms with Crippen molar-refractivity contribution in [2.45, 2.75) is 32.9 Å². The first-order valence-corrected chi connectivity index (χ1v) is 9.43. The highest BCUT2D eigenvalue weighted by Gasteiger charge is 2.11. The van der Waals surface area contributed by atoms with Crippen molar-refractivity contribution in [3.8, 4) is 17.0 Å². The molecule has 0 atom stereocenters. The molecule has 0 aliphatic rings. The standard InChI is InChI=1S/C23H23N3O2/c1-17(2)23-24-12-13-26(23)15-21-14-22(25-28-21)19-8-10-20(11-9-19)27-16-18-6-4-3-5-7-18/h3-14,17H,15-16H2,1-2H3. The van der Waals surface area contributed by atoms with Crippen LogP contribution in [-0.4, -0.2) is 14.7 Å². The number of rotatable bonds is 7. The third-order valence-corrected chi connectivity index (χ3v) is 4.55. The molecule has 2 heterocycles. The van der Waals surface area contributed by atoms with Gasteiger partial charge < -0.3 is 13.8 Å². The van der Waals surface area contributed by atoms with E-state index in [9.17, 15) is 0 Å². The first kappa shape index (κ1) is 18.0. The van der Waals surface area contributed by atoms with Gasteiger partial charge >= 0.3 is 0 Å². The summed E-state index contributed by atoms with van der Waals surface area (Å²) in [5.41, 5.74) is 2.96. The quantitative estimate of drug-likeness (QED) is 0.442. The molecule has 0 aliphatic carbocycles. The van der Waals surface area contributed by atoms with Crippen molar-refractivity contribution in [2.75, 3.05) is 0 Å². The zero-order valence-electron chi connectivity index (χ0n) is 16.1. The van der Waals surface area contributed by atoms with Crippen molar-refractivity contribution in [3.63, 3.8) is 0 Å². The Balaban J connectivity index is 1.41. The minimum Gasteiger partial charge on any atom is -0.489 e. The van der Waals surface area contributed by atoms with Crippen LogP contribution in [0.15, 0.2) is 77.6 Å². The van der Waals surface area contributed by atoms with Crippen LogP contribution in [-0.2, 0) is 13.2 Å². The van der Waals surface area contributed by atoms with E-state index in [0.29, 0.717) is 19.1 Å². The second kappa shape index (κ2) is 8.13. The molecule has 0 aliphatic heterocycles. The number of hydrogen-bond acceptors (Lipinski definition) is 4. The summed E-state index contributed by atoms with van der Waals surface area (Å²) in [4.78, 5) is 4.41. The number of imidazole rings is 1. The van der Waals surface area contributed by atoms with Crippen LogP contribution in [0.2, 0.25) is 0 Å². The molecular weight excluding hydrogens is 350 g/mol. The lowest BCUT2D eigenvalue weighted by Gasteiger charge is -2.07. The van der Waals surface area contributed by atoms with Gasteiger partial charge in [0.25, 0.3) is 0 Å². The summed E-state index contributed by atoms with van der Waals surface area (Å²) in [6.45, 7) is 5.44. The van der Waals surface area contributed by atoms with Crippen molar-refractivity contribution in [2.24, 2.45) is 0 Å². The molecule has 0 radical (unpaired) electrons. The van der Waals surface area contributed by atoms with Crippen LogP contribution in [0.3, 0.4) is 0 Å². The molecule has 5 nitrogen and oxygen atoms in total. The predicted molar refractivity (Wildman–Crippen MR) is 108 cm³/mol. The second-order valence-electron chi connectivity index (χ2n) is 7.05. The molecule has 5 heteroatoms. The number of hydrogen-bond donors (Lipinski definition) is 0. The van der Waals surface area contributed by atoms with Crippen molar-refractivity contribution >= 4 is 0 Å². The van der Waals surface area contributed by atoms with E-state index in [4.69, 9.17) is 9.26 Å². The second-order valence-corrected chi connectivity index (χ2v) is 7.05. The number of aromatic nitrogens is 3. The molecule has 0 bridgehead atoms. The van der Waals surface area contributed by atoms with Gasteiger partial charge in [-0.2, -0.15) is 0 Å². The average molecular weight is 373 g/mol. The van der Waals surface area contributed by atoms with Crippen LogP contribution in [0, 0.1) is 0 Å². The van der Waals surface area contributed by atoms with Gasteiger partial charge in [-0.25, -0.2) is 4.98 Å². The van der Waals surface area contributed by atoms with E-state index in [1.807, 2.05) is 60.9 Å². The number of nitrogens with zero attached hydrogens (tertiary/aromatic N) is 3. The number of benzene rings is 2. The Morgan fingerprint density at radius 2 is 1.82 bits per heavy atom. The van der Waals surface area contributed by atoms with Gasteiger partial charge in [0.2, 0.25) is 0 Å². The molecule has 142 valence electrons. The van der Waals surface area contributed by atoms with Gasteiger partial charge in [0.05, 0.1) is 6.54 Å². The van der Waals surface area contributed by atoms with Gasteiger partial charge in [-0.15, -0.1) is 0 Å². The largest absolute Gasteiger partial charge is 0.489 e. The summed E-state index contributed by atoms with van der Waals surface area (Å²) in [6, 6.07) is 20.0. The third kappa shape index (κ3) is 4.14. The van der Waals surface area contributed by atoms with Crippen LogP contribution in [0.5, 0.6) is 5.75 Å². The molecule has 0 N–H and O–H groups in total. The van der Waals surface area contributed by atoms with Crippen LogP contribution in [0.4, 0.5) is 0 Å². The molecule has 28 heavy (non-hydrogen) atoms. The average Bonchev–Trinajstić information content (AvgIpc) is 3.38. The lowest BCUT2D eigenvalue weighted by molar-refractivity contribution is 0.306. The number of ether oxygens (including phenoxy) is 1. The Morgan fingerprint density at radius 3 is 2.57 bits per heavy atom. The van der Waals surface area contributed by atoms with E-state index < -0.39 is 0 Å². The highest BCUT2D eigenvalue weighted by atomic mass is 16.5. The summed E-state index contributed by atoms with van der Waals surface area (Å²) >= 11 is 0. The smallest absolute Gasteiger partial charge is 0.157 e. The summed E-state index contributed by atoms with van der Waals surface area (Å²) in [6.07, 6.45) is 3.79. The van der Waals surface area contributed by atoms with Crippen molar-refractivity contribution in [1.29, 1.82) is 0 Å². The fourth-order valence-corrected chi connectivity index (χ4v) is 3.11. The molecule has 0 fully saturated rings. The van der Waals surface area contributed by atoms with E-state index in [2.05, 4.69) is 40.7 Å². The third-order valence-electron chi connectivity index (χ3n) is 4.55. The van der Waals surface area contributed by atoms with Crippen molar-refractivity contribution in [1.82, 2.24) is 14.7 Å². The van der Waals surface area contributed by atoms with Crippen LogP contribution in [0.25, 0.3) is 11.3 Å². The zero-order valence-corrected chi connectivity index (χ0v) is 16.1. The highest BCUT2D eigenvalue weighted by Crippen LogP contribution is 2.24. The molecule has 0 saturated heterocycles. The van der Waals surface area contributed by atoms with Gasteiger partial charge in [0, 0.05) is 29.9 Å².